The first-order chi connectivity index (χ1) is 11.2. The first kappa shape index (κ1) is 13.4. The highest BCUT2D eigenvalue weighted by Crippen LogP contribution is 2.52. The van der Waals surface area contributed by atoms with Crippen LogP contribution in [0.4, 0.5) is 4.39 Å². The fourth-order valence-electron chi connectivity index (χ4n) is 4.19. The highest BCUT2D eigenvalue weighted by atomic mass is 35.5. The van der Waals surface area contributed by atoms with Crippen molar-refractivity contribution in [3.63, 3.8) is 0 Å². The van der Waals surface area contributed by atoms with Gasteiger partial charge >= 0.3 is 0 Å². The predicted octanol–water partition coefficient (Wildman–Crippen LogP) is 4.34. The summed E-state index contributed by atoms with van der Waals surface area (Å²) in [6.07, 6.45) is 4.66. The third-order valence-electron chi connectivity index (χ3n) is 5.24. The molecule has 0 amide bonds. The molecule has 0 atom stereocenters. The van der Waals surface area contributed by atoms with Crippen molar-refractivity contribution in [3.8, 4) is 11.4 Å². The second-order valence-corrected chi connectivity index (χ2v) is 6.76. The smallest absolute Gasteiger partial charge is 0.188 e. The second kappa shape index (κ2) is 4.74. The van der Waals surface area contributed by atoms with E-state index in [-0.39, 0.29) is 5.82 Å². The maximum atomic E-state index is 14.1. The number of halogens is 2. The lowest BCUT2D eigenvalue weighted by molar-refractivity contribution is 0.358. The molecular formula is C17H14ClFN4. The summed E-state index contributed by atoms with van der Waals surface area (Å²) in [6.45, 7) is 0. The van der Waals surface area contributed by atoms with E-state index in [2.05, 4.69) is 15.3 Å². The van der Waals surface area contributed by atoms with E-state index in [0.29, 0.717) is 28.4 Å². The number of rotatable bonds is 1. The third kappa shape index (κ3) is 1.80. The number of aromatic nitrogens is 4. The average Bonchev–Trinajstić information content (AvgIpc) is 3.00. The summed E-state index contributed by atoms with van der Waals surface area (Å²) in [5.41, 5.74) is 3.46. The molecule has 1 saturated carbocycles. The van der Waals surface area contributed by atoms with E-state index < -0.39 is 0 Å². The molecule has 2 heterocycles. The van der Waals surface area contributed by atoms with Crippen LogP contribution in [0.3, 0.4) is 0 Å². The fourth-order valence-corrected chi connectivity index (χ4v) is 4.52. The van der Waals surface area contributed by atoms with Crippen molar-refractivity contribution in [2.75, 3.05) is 0 Å². The Labute approximate surface area is 137 Å². The minimum atomic E-state index is -0.334. The van der Waals surface area contributed by atoms with Gasteiger partial charge in [0.15, 0.2) is 16.6 Å². The monoisotopic (exact) mass is 328 g/mol. The number of benzene rings is 1. The van der Waals surface area contributed by atoms with E-state index in [1.54, 1.807) is 22.7 Å². The Morgan fingerprint density at radius 3 is 2.43 bits per heavy atom. The van der Waals surface area contributed by atoms with Gasteiger partial charge in [-0.25, -0.2) is 4.39 Å². The zero-order chi connectivity index (χ0) is 15.6. The van der Waals surface area contributed by atoms with Crippen LogP contribution < -0.4 is 0 Å². The molecule has 1 aromatic carbocycles. The Hall–Kier alpha value is -2.01. The molecule has 0 N–H and O–H groups in total. The van der Waals surface area contributed by atoms with E-state index in [9.17, 15) is 4.39 Å². The topological polar surface area (TPSA) is 43.1 Å². The van der Waals surface area contributed by atoms with Crippen LogP contribution in [-0.4, -0.2) is 19.8 Å². The van der Waals surface area contributed by atoms with Gasteiger partial charge in [0.2, 0.25) is 0 Å². The molecular weight excluding hydrogens is 315 g/mol. The van der Waals surface area contributed by atoms with Crippen molar-refractivity contribution in [1.82, 2.24) is 19.8 Å². The molecule has 116 valence electrons. The van der Waals surface area contributed by atoms with Crippen molar-refractivity contribution in [2.45, 2.75) is 37.5 Å². The third-order valence-corrected chi connectivity index (χ3v) is 5.52. The van der Waals surface area contributed by atoms with Crippen LogP contribution in [0.2, 0.25) is 5.15 Å². The van der Waals surface area contributed by atoms with Gasteiger partial charge in [0.1, 0.15) is 5.82 Å². The van der Waals surface area contributed by atoms with Gasteiger partial charge in [-0.15, -0.1) is 10.2 Å². The van der Waals surface area contributed by atoms with E-state index in [1.165, 1.54) is 24.5 Å². The van der Waals surface area contributed by atoms with Crippen molar-refractivity contribution in [1.29, 1.82) is 0 Å². The number of hydrogen-bond donors (Lipinski definition) is 0. The van der Waals surface area contributed by atoms with Crippen LogP contribution in [0.25, 0.3) is 17.0 Å². The summed E-state index contributed by atoms with van der Waals surface area (Å²) in [5.74, 6) is 1.02. The molecule has 2 aromatic heterocycles. The van der Waals surface area contributed by atoms with Crippen molar-refractivity contribution in [3.05, 3.63) is 46.4 Å². The van der Waals surface area contributed by atoms with Crippen LogP contribution in [-0.2, 0) is 0 Å². The zero-order valence-electron chi connectivity index (χ0n) is 12.3. The van der Waals surface area contributed by atoms with Crippen molar-refractivity contribution in [2.24, 2.45) is 0 Å². The van der Waals surface area contributed by atoms with Gasteiger partial charge in [0.25, 0.3) is 0 Å². The lowest BCUT2D eigenvalue weighted by Gasteiger charge is -2.38. The Kier molecular flexibility index (Phi) is 2.77. The maximum Gasteiger partial charge on any atom is 0.188 e. The van der Waals surface area contributed by atoms with E-state index in [1.807, 2.05) is 0 Å². The molecule has 0 spiro atoms. The largest absolute Gasteiger partial charge is 0.206 e. The quantitative estimate of drug-likeness (QED) is 0.667. The summed E-state index contributed by atoms with van der Waals surface area (Å²) in [5, 5.41) is 13.5. The molecule has 4 nitrogen and oxygen atoms in total. The van der Waals surface area contributed by atoms with Gasteiger partial charge < -0.3 is 0 Å². The van der Waals surface area contributed by atoms with Crippen LogP contribution in [0.5, 0.6) is 0 Å². The molecule has 2 bridgehead atoms. The highest BCUT2D eigenvalue weighted by Gasteiger charge is 2.38. The Morgan fingerprint density at radius 1 is 1.00 bits per heavy atom. The summed E-state index contributed by atoms with van der Waals surface area (Å²) < 4.78 is 15.7. The van der Waals surface area contributed by atoms with Gasteiger partial charge in [-0.05, 0) is 49.7 Å². The SMILES string of the molecule is Fc1ccccc1-c1nnc2c3c(c(Cl)nn12)C1CCC3CC1. The lowest BCUT2D eigenvalue weighted by Crippen LogP contribution is -2.24. The van der Waals surface area contributed by atoms with E-state index in [0.717, 1.165) is 24.1 Å². The Morgan fingerprint density at radius 2 is 1.70 bits per heavy atom. The number of fused-ring (bicyclic) bond motifs is 3. The number of nitrogens with zero attached hydrogens (tertiary/aromatic N) is 4. The molecule has 0 saturated heterocycles. The molecule has 6 rings (SSSR count). The fraction of sp³-hybridized carbons (Fsp3) is 0.353. The second-order valence-electron chi connectivity index (χ2n) is 6.41. The van der Waals surface area contributed by atoms with Crippen LogP contribution in [0.15, 0.2) is 24.3 Å². The Bertz CT molecular complexity index is 928. The minimum absolute atomic E-state index is 0.334. The highest BCUT2D eigenvalue weighted by molar-refractivity contribution is 6.30. The molecule has 0 radical (unpaired) electrons. The Balaban J connectivity index is 1.82. The van der Waals surface area contributed by atoms with E-state index >= 15 is 0 Å². The first-order valence-corrected chi connectivity index (χ1v) is 8.31. The molecule has 23 heavy (non-hydrogen) atoms. The predicted molar refractivity (Wildman–Crippen MR) is 85.1 cm³/mol. The van der Waals surface area contributed by atoms with Gasteiger partial charge in [-0.2, -0.15) is 9.61 Å². The summed E-state index contributed by atoms with van der Waals surface area (Å²) in [7, 11) is 0. The van der Waals surface area contributed by atoms with Crippen LogP contribution in [0, 0.1) is 5.82 Å². The van der Waals surface area contributed by atoms with Crippen LogP contribution in [0.1, 0.15) is 48.6 Å². The van der Waals surface area contributed by atoms with Crippen LogP contribution >= 0.6 is 11.6 Å². The first-order valence-electron chi connectivity index (χ1n) is 7.93. The summed E-state index contributed by atoms with van der Waals surface area (Å²) in [6, 6.07) is 6.54. The standard InChI is InChI=1S/C17H14ClFN4/c18-15-13-9-5-7-10(8-6-9)14(13)17-21-20-16(23(17)22-15)11-3-1-2-4-12(11)19/h1-4,9-10H,5-8H2. The lowest BCUT2D eigenvalue weighted by atomic mass is 9.68. The molecule has 3 aromatic rings. The molecule has 1 fully saturated rings. The summed E-state index contributed by atoms with van der Waals surface area (Å²) in [4.78, 5) is 0. The maximum absolute atomic E-state index is 14.1. The van der Waals surface area contributed by atoms with Crippen molar-refractivity contribution >= 4 is 17.2 Å². The molecule has 0 aliphatic heterocycles. The van der Waals surface area contributed by atoms with Gasteiger partial charge in [-0.3, -0.25) is 0 Å². The molecule has 3 aliphatic rings. The van der Waals surface area contributed by atoms with Gasteiger partial charge in [0, 0.05) is 11.1 Å². The number of hydrogen-bond acceptors (Lipinski definition) is 3. The van der Waals surface area contributed by atoms with Gasteiger partial charge in [0.05, 0.1) is 5.56 Å². The molecule has 0 unspecified atom stereocenters. The average molecular weight is 329 g/mol. The van der Waals surface area contributed by atoms with E-state index in [4.69, 9.17) is 11.6 Å². The molecule has 6 heteroatoms. The normalized spacial score (nSPS) is 22.5. The summed E-state index contributed by atoms with van der Waals surface area (Å²) >= 11 is 6.49. The minimum Gasteiger partial charge on any atom is -0.206 e. The molecule has 3 aliphatic carbocycles. The van der Waals surface area contributed by atoms with Gasteiger partial charge in [-0.1, -0.05) is 23.7 Å². The van der Waals surface area contributed by atoms with Crippen molar-refractivity contribution < 1.29 is 4.39 Å². The zero-order valence-corrected chi connectivity index (χ0v) is 13.1.